The molecule has 1 N–H and O–H groups in total. The average molecular weight is 545 g/mol. The molecular weight excluding hydrogens is 508 g/mol. The maximum atomic E-state index is 13.3. The van der Waals surface area contributed by atoms with Gasteiger partial charge in [0.15, 0.2) is 11.4 Å². The van der Waals surface area contributed by atoms with Gasteiger partial charge in [-0.05, 0) is 66.9 Å². The van der Waals surface area contributed by atoms with Crippen LogP contribution in [-0.4, -0.2) is 79.5 Å². The fourth-order valence-electron chi connectivity index (χ4n) is 5.03. The largest absolute Gasteiger partial charge is 0.492 e. The molecule has 5 rings (SSSR count). The summed E-state index contributed by atoms with van der Waals surface area (Å²) < 4.78 is 22.2. The number of hydrogen-bond donors (Lipinski definition) is 1. The predicted molar refractivity (Wildman–Crippen MR) is 153 cm³/mol. The highest BCUT2D eigenvalue weighted by molar-refractivity contribution is 5.98. The van der Waals surface area contributed by atoms with Crippen LogP contribution in [0.5, 0.6) is 5.75 Å². The first kappa shape index (κ1) is 27.9. The number of carbonyl (C=O) groups excluding carboxylic acids is 1. The van der Waals surface area contributed by atoms with Gasteiger partial charge in [-0.1, -0.05) is 12.1 Å². The van der Waals surface area contributed by atoms with E-state index in [4.69, 9.17) is 23.9 Å². The Morgan fingerprint density at radius 3 is 2.62 bits per heavy atom. The van der Waals surface area contributed by atoms with Gasteiger partial charge >= 0.3 is 0 Å². The zero-order valence-corrected chi connectivity index (χ0v) is 23.5. The van der Waals surface area contributed by atoms with Gasteiger partial charge in [-0.3, -0.25) is 14.8 Å². The molecule has 0 amide bonds. The van der Waals surface area contributed by atoms with E-state index in [9.17, 15) is 4.79 Å². The summed E-state index contributed by atoms with van der Waals surface area (Å²) in [7, 11) is 3.16. The van der Waals surface area contributed by atoms with E-state index in [0.29, 0.717) is 17.8 Å². The van der Waals surface area contributed by atoms with Crippen LogP contribution in [0.15, 0.2) is 48.5 Å². The standard InChI is InChI=1S/C31H36N4O5/c1-20-15-23(19-24(16-20)40-14-11-35-9-12-39-13-10-35)28(36)18-22-6-5-21(2)26(17-22)27-8-7-25-29(31(37-3)38-4)33-34-30(25)32-27/h5-8,15-17,19,31H,9-14,18H2,1-4H3,(H,32,33,34). The average Bonchev–Trinajstić information content (AvgIpc) is 3.38. The van der Waals surface area contributed by atoms with Crippen LogP contribution in [0.3, 0.4) is 0 Å². The molecule has 3 heterocycles. The first-order valence-electron chi connectivity index (χ1n) is 13.5. The minimum atomic E-state index is -0.550. The molecule has 9 heteroatoms. The van der Waals surface area contributed by atoms with E-state index in [2.05, 4.69) is 15.1 Å². The van der Waals surface area contributed by atoms with Crippen molar-refractivity contribution in [2.24, 2.45) is 0 Å². The molecule has 9 nitrogen and oxygen atoms in total. The summed E-state index contributed by atoms with van der Waals surface area (Å²) in [5.41, 5.74) is 6.68. The fourth-order valence-corrected chi connectivity index (χ4v) is 5.03. The molecule has 0 saturated carbocycles. The van der Waals surface area contributed by atoms with Crippen LogP contribution < -0.4 is 4.74 Å². The third kappa shape index (κ3) is 6.39. The second kappa shape index (κ2) is 12.7. The smallest absolute Gasteiger partial charge is 0.200 e. The third-order valence-corrected chi connectivity index (χ3v) is 7.21. The number of Topliss-reactive ketones (excluding diaryl/α,β-unsaturated/α-hetero) is 1. The van der Waals surface area contributed by atoms with E-state index in [1.165, 1.54) is 0 Å². The number of ether oxygens (including phenoxy) is 4. The molecule has 1 aliphatic heterocycles. The molecule has 2 aromatic heterocycles. The summed E-state index contributed by atoms with van der Waals surface area (Å²) in [6.45, 7) is 8.82. The minimum absolute atomic E-state index is 0.0436. The lowest BCUT2D eigenvalue weighted by Crippen LogP contribution is -2.38. The molecule has 40 heavy (non-hydrogen) atoms. The predicted octanol–water partition coefficient (Wildman–Crippen LogP) is 4.67. The first-order valence-corrected chi connectivity index (χ1v) is 13.5. The number of morpholine rings is 1. The number of ketones is 1. The van der Waals surface area contributed by atoms with E-state index in [1.807, 2.05) is 62.4 Å². The number of nitrogens with zero attached hydrogens (tertiary/aromatic N) is 3. The lowest BCUT2D eigenvalue weighted by molar-refractivity contribution is -0.107. The SMILES string of the molecule is COC(OC)c1[nH]nc2nc(-c3cc(CC(=O)c4cc(C)cc(OCCN5CCOCC5)c4)ccc3C)ccc12. The molecule has 0 aliphatic carbocycles. The number of aryl methyl sites for hydroxylation is 2. The van der Waals surface area contributed by atoms with E-state index >= 15 is 0 Å². The third-order valence-electron chi connectivity index (χ3n) is 7.21. The number of benzene rings is 2. The molecule has 4 aromatic rings. The molecule has 1 saturated heterocycles. The van der Waals surface area contributed by atoms with Gasteiger partial charge in [0.05, 0.1) is 18.9 Å². The lowest BCUT2D eigenvalue weighted by atomic mass is 9.96. The van der Waals surface area contributed by atoms with Gasteiger partial charge in [0, 0.05) is 56.8 Å². The molecule has 0 unspecified atom stereocenters. The molecule has 0 atom stereocenters. The van der Waals surface area contributed by atoms with Crippen molar-refractivity contribution in [2.75, 3.05) is 53.7 Å². The fraction of sp³-hybridized carbons (Fsp3) is 0.387. The molecule has 0 spiro atoms. The van der Waals surface area contributed by atoms with Crippen LogP contribution in [0.25, 0.3) is 22.3 Å². The molecule has 2 aromatic carbocycles. The second-order valence-corrected chi connectivity index (χ2v) is 10.1. The number of pyridine rings is 1. The molecule has 210 valence electrons. The first-order chi connectivity index (χ1) is 19.4. The Kier molecular flexibility index (Phi) is 8.86. The number of fused-ring (bicyclic) bond motifs is 1. The van der Waals surface area contributed by atoms with Gasteiger partial charge in [-0.25, -0.2) is 4.98 Å². The van der Waals surface area contributed by atoms with Crippen molar-refractivity contribution in [2.45, 2.75) is 26.6 Å². The minimum Gasteiger partial charge on any atom is -0.492 e. The highest BCUT2D eigenvalue weighted by Gasteiger charge is 2.18. The van der Waals surface area contributed by atoms with Crippen molar-refractivity contribution in [3.63, 3.8) is 0 Å². The Bertz CT molecular complexity index is 1470. The van der Waals surface area contributed by atoms with E-state index in [1.54, 1.807) is 14.2 Å². The van der Waals surface area contributed by atoms with Gasteiger partial charge in [0.2, 0.25) is 6.29 Å². The highest BCUT2D eigenvalue weighted by Crippen LogP contribution is 2.29. The van der Waals surface area contributed by atoms with Crippen LogP contribution in [0, 0.1) is 13.8 Å². The van der Waals surface area contributed by atoms with E-state index in [0.717, 1.165) is 77.6 Å². The lowest BCUT2D eigenvalue weighted by Gasteiger charge is -2.26. The molecule has 0 bridgehead atoms. The van der Waals surface area contributed by atoms with Gasteiger partial charge in [-0.15, -0.1) is 0 Å². The second-order valence-electron chi connectivity index (χ2n) is 10.1. The summed E-state index contributed by atoms with van der Waals surface area (Å²) in [6, 6.07) is 15.7. The van der Waals surface area contributed by atoms with Crippen molar-refractivity contribution in [1.29, 1.82) is 0 Å². The number of carbonyl (C=O) groups is 1. The van der Waals surface area contributed by atoms with Crippen LogP contribution >= 0.6 is 0 Å². The summed E-state index contributed by atoms with van der Waals surface area (Å²) in [5.74, 6) is 0.767. The van der Waals surface area contributed by atoms with E-state index < -0.39 is 6.29 Å². The molecule has 0 radical (unpaired) electrons. The Balaban J connectivity index is 1.30. The highest BCUT2D eigenvalue weighted by atomic mass is 16.7. The molecule has 1 fully saturated rings. The van der Waals surface area contributed by atoms with E-state index in [-0.39, 0.29) is 12.2 Å². The monoisotopic (exact) mass is 544 g/mol. The number of aromatic amines is 1. The summed E-state index contributed by atoms with van der Waals surface area (Å²) >= 11 is 0. The number of hydrogen-bond acceptors (Lipinski definition) is 8. The topological polar surface area (TPSA) is 98.8 Å². The van der Waals surface area contributed by atoms with Crippen molar-refractivity contribution < 1.29 is 23.7 Å². The van der Waals surface area contributed by atoms with Gasteiger partial charge in [-0.2, -0.15) is 5.10 Å². The maximum Gasteiger partial charge on any atom is 0.200 e. The number of rotatable bonds is 11. The van der Waals surface area contributed by atoms with Crippen LogP contribution in [0.4, 0.5) is 0 Å². The summed E-state index contributed by atoms with van der Waals surface area (Å²) in [6.07, 6.45) is -0.270. The van der Waals surface area contributed by atoms with Gasteiger partial charge < -0.3 is 18.9 Å². The Morgan fingerprint density at radius 2 is 1.85 bits per heavy atom. The zero-order valence-electron chi connectivity index (χ0n) is 23.5. The Morgan fingerprint density at radius 1 is 1.05 bits per heavy atom. The number of methoxy groups -OCH3 is 2. The summed E-state index contributed by atoms with van der Waals surface area (Å²) in [5, 5.41) is 8.17. The van der Waals surface area contributed by atoms with Crippen LogP contribution in [0.1, 0.15) is 39.0 Å². The number of H-pyrrole nitrogens is 1. The van der Waals surface area contributed by atoms with Crippen molar-refractivity contribution in [3.8, 4) is 17.0 Å². The van der Waals surface area contributed by atoms with Crippen molar-refractivity contribution in [1.82, 2.24) is 20.1 Å². The zero-order chi connectivity index (χ0) is 28.1. The molecule has 1 aliphatic rings. The maximum absolute atomic E-state index is 13.3. The van der Waals surface area contributed by atoms with Crippen LogP contribution in [-0.2, 0) is 20.6 Å². The number of aromatic nitrogens is 3. The van der Waals surface area contributed by atoms with Crippen LogP contribution in [0.2, 0.25) is 0 Å². The quantitative estimate of drug-likeness (QED) is 0.215. The Labute approximate surface area is 234 Å². The Hall–Kier alpha value is -3.63. The normalized spacial score (nSPS) is 14.2. The van der Waals surface area contributed by atoms with Gasteiger partial charge in [0.1, 0.15) is 18.1 Å². The van der Waals surface area contributed by atoms with Crippen molar-refractivity contribution in [3.05, 3.63) is 76.5 Å². The number of nitrogens with one attached hydrogen (secondary N) is 1. The summed E-state index contributed by atoms with van der Waals surface area (Å²) in [4.78, 5) is 20.4. The molecular formula is C31H36N4O5. The van der Waals surface area contributed by atoms with Gasteiger partial charge in [0.25, 0.3) is 0 Å². The van der Waals surface area contributed by atoms with Crippen molar-refractivity contribution >= 4 is 16.8 Å².